The molecule has 2 heteroatoms. The fourth-order valence-corrected chi connectivity index (χ4v) is 1.61. The van der Waals surface area contributed by atoms with Crippen LogP contribution < -0.4 is 4.90 Å². The monoisotopic (exact) mass is 141 g/mol. The zero-order valence-corrected chi connectivity index (χ0v) is 6.83. The Morgan fingerprint density at radius 2 is 2.11 bits per heavy atom. The Labute approximate surface area is 59.9 Å². The lowest BCUT2D eigenvalue weighted by atomic mass is 10.4. The normalized spacial score (nSPS) is 9.67. The average molecular weight is 141 g/mol. The predicted octanol–water partition coefficient (Wildman–Crippen LogP) is 2.12. The van der Waals surface area contributed by atoms with Crippen LogP contribution in [-0.4, -0.2) is 14.1 Å². The van der Waals surface area contributed by atoms with Gasteiger partial charge in [-0.2, -0.15) is 0 Å². The van der Waals surface area contributed by atoms with Crippen LogP contribution in [0.5, 0.6) is 0 Å². The second kappa shape index (κ2) is 2.40. The van der Waals surface area contributed by atoms with Crippen molar-refractivity contribution in [2.24, 2.45) is 0 Å². The molecule has 0 unspecified atom stereocenters. The summed E-state index contributed by atoms with van der Waals surface area (Å²) in [5.41, 5.74) is 1.33. The van der Waals surface area contributed by atoms with Gasteiger partial charge in [-0.05, 0) is 18.4 Å². The van der Waals surface area contributed by atoms with Crippen LogP contribution in [0, 0.1) is 6.92 Å². The molecule has 1 aromatic heterocycles. The van der Waals surface area contributed by atoms with Gasteiger partial charge >= 0.3 is 0 Å². The van der Waals surface area contributed by atoms with Crippen molar-refractivity contribution in [1.82, 2.24) is 0 Å². The molecule has 0 spiro atoms. The van der Waals surface area contributed by atoms with Gasteiger partial charge < -0.3 is 4.90 Å². The van der Waals surface area contributed by atoms with Crippen molar-refractivity contribution in [1.29, 1.82) is 0 Å². The van der Waals surface area contributed by atoms with Crippen molar-refractivity contribution >= 4 is 17.0 Å². The molecule has 0 radical (unpaired) electrons. The summed E-state index contributed by atoms with van der Waals surface area (Å²) in [5, 5.41) is 2.12. The Morgan fingerprint density at radius 1 is 1.44 bits per heavy atom. The number of nitrogens with zero attached hydrogens (tertiary/aromatic N) is 1. The summed E-state index contributed by atoms with van der Waals surface area (Å²) >= 11 is 1.79. The van der Waals surface area contributed by atoms with Crippen LogP contribution in [-0.2, 0) is 0 Å². The fraction of sp³-hybridized carbons (Fsp3) is 0.429. The smallest absolute Gasteiger partial charge is 0.0499 e. The summed E-state index contributed by atoms with van der Waals surface area (Å²) in [4.78, 5) is 3.52. The number of rotatable bonds is 1. The van der Waals surface area contributed by atoms with Gasteiger partial charge in [-0.1, -0.05) is 0 Å². The maximum absolute atomic E-state index is 2.14. The van der Waals surface area contributed by atoms with Gasteiger partial charge in [-0.3, -0.25) is 0 Å². The van der Waals surface area contributed by atoms with Crippen LogP contribution in [0.4, 0.5) is 5.69 Å². The molecule has 0 N–H and O–H groups in total. The molecule has 1 nitrogen and oxygen atoms in total. The molecule has 0 aliphatic rings. The van der Waals surface area contributed by atoms with E-state index in [1.165, 1.54) is 10.6 Å². The molecule has 0 amide bonds. The standard InChI is InChI=1S/C7H11NS/c1-6-7(8(2)3)4-5-9-6/h4-5H,1-3H3. The van der Waals surface area contributed by atoms with Crippen LogP contribution >= 0.6 is 11.3 Å². The highest BCUT2D eigenvalue weighted by Gasteiger charge is 1.98. The summed E-state index contributed by atoms with van der Waals surface area (Å²) in [6, 6.07) is 2.14. The van der Waals surface area contributed by atoms with E-state index < -0.39 is 0 Å². The second-order valence-corrected chi connectivity index (χ2v) is 3.38. The average Bonchev–Trinajstić information content (AvgIpc) is 2.13. The van der Waals surface area contributed by atoms with E-state index in [0.717, 1.165) is 0 Å². The first-order chi connectivity index (χ1) is 4.22. The van der Waals surface area contributed by atoms with Crippen LogP contribution in [0.2, 0.25) is 0 Å². The SMILES string of the molecule is Cc1sccc1N(C)C. The van der Waals surface area contributed by atoms with E-state index in [1.807, 2.05) is 0 Å². The van der Waals surface area contributed by atoms with Crippen molar-refractivity contribution in [3.8, 4) is 0 Å². The van der Waals surface area contributed by atoms with Crippen LogP contribution in [0.1, 0.15) is 4.88 Å². The van der Waals surface area contributed by atoms with Crippen LogP contribution in [0.15, 0.2) is 11.4 Å². The van der Waals surface area contributed by atoms with Gasteiger partial charge in [0.15, 0.2) is 0 Å². The Kier molecular flexibility index (Phi) is 1.76. The Balaban J connectivity index is 2.94. The highest BCUT2D eigenvalue weighted by Crippen LogP contribution is 2.22. The van der Waals surface area contributed by atoms with Crippen molar-refractivity contribution in [2.45, 2.75) is 6.92 Å². The largest absolute Gasteiger partial charge is 0.377 e. The summed E-state index contributed by atoms with van der Waals surface area (Å²) in [7, 11) is 4.13. The molecular formula is C7H11NS. The molecule has 1 aromatic rings. The van der Waals surface area contributed by atoms with Crippen molar-refractivity contribution in [3.05, 3.63) is 16.3 Å². The van der Waals surface area contributed by atoms with E-state index in [2.05, 4.69) is 37.4 Å². The minimum absolute atomic E-state index is 1.33. The zero-order valence-electron chi connectivity index (χ0n) is 6.01. The number of aryl methyl sites for hydroxylation is 1. The van der Waals surface area contributed by atoms with Gasteiger partial charge in [0.05, 0.1) is 0 Å². The third-order valence-corrected chi connectivity index (χ3v) is 2.15. The molecule has 0 saturated carbocycles. The van der Waals surface area contributed by atoms with E-state index in [1.54, 1.807) is 11.3 Å². The first kappa shape index (κ1) is 6.62. The maximum atomic E-state index is 2.14. The van der Waals surface area contributed by atoms with Gasteiger partial charge in [0, 0.05) is 24.7 Å². The lowest BCUT2D eigenvalue weighted by Crippen LogP contribution is -2.07. The van der Waals surface area contributed by atoms with Crippen molar-refractivity contribution < 1.29 is 0 Å². The molecule has 9 heavy (non-hydrogen) atoms. The fourth-order valence-electron chi connectivity index (χ4n) is 0.842. The summed E-state index contributed by atoms with van der Waals surface area (Å²) in [6.07, 6.45) is 0. The maximum Gasteiger partial charge on any atom is 0.0499 e. The van der Waals surface area contributed by atoms with Crippen LogP contribution in [0.25, 0.3) is 0 Å². The molecule has 0 fully saturated rings. The summed E-state index contributed by atoms with van der Waals surface area (Å²) in [5.74, 6) is 0. The van der Waals surface area contributed by atoms with E-state index in [0.29, 0.717) is 0 Å². The van der Waals surface area contributed by atoms with Crippen molar-refractivity contribution in [2.75, 3.05) is 19.0 Å². The molecular weight excluding hydrogens is 130 g/mol. The zero-order chi connectivity index (χ0) is 6.85. The van der Waals surface area contributed by atoms with E-state index in [4.69, 9.17) is 0 Å². The van der Waals surface area contributed by atoms with Gasteiger partial charge in [-0.15, -0.1) is 11.3 Å². The number of anilines is 1. The first-order valence-corrected chi connectivity index (χ1v) is 3.81. The second-order valence-electron chi connectivity index (χ2n) is 2.26. The molecule has 0 aromatic carbocycles. The lowest BCUT2D eigenvalue weighted by Gasteiger charge is -2.10. The topological polar surface area (TPSA) is 3.24 Å². The van der Waals surface area contributed by atoms with Gasteiger partial charge in [-0.25, -0.2) is 0 Å². The predicted molar refractivity (Wildman–Crippen MR) is 43.4 cm³/mol. The molecule has 0 aliphatic carbocycles. The van der Waals surface area contributed by atoms with Gasteiger partial charge in [0.1, 0.15) is 0 Å². The highest BCUT2D eigenvalue weighted by molar-refractivity contribution is 7.10. The van der Waals surface area contributed by atoms with E-state index in [9.17, 15) is 0 Å². The molecule has 0 bridgehead atoms. The van der Waals surface area contributed by atoms with E-state index >= 15 is 0 Å². The Hall–Kier alpha value is -0.500. The number of hydrogen-bond acceptors (Lipinski definition) is 2. The molecule has 0 saturated heterocycles. The summed E-state index contributed by atoms with van der Waals surface area (Å²) in [6.45, 7) is 2.14. The van der Waals surface area contributed by atoms with Crippen molar-refractivity contribution in [3.63, 3.8) is 0 Å². The molecule has 0 atom stereocenters. The molecule has 50 valence electrons. The molecule has 1 rings (SSSR count). The quantitative estimate of drug-likeness (QED) is 0.579. The molecule has 0 aliphatic heterocycles. The number of thiophene rings is 1. The third-order valence-electron chi connectivity index (χ3n) is 1.31. The third kappa shape index (κ3) is 1.24. The Morgan fingerprint density at radius 3 is 2.33 bits per heavy atom. The minimum atomic E-state index is 1.33. The molecule has 1 heterocycles. The highest BCUT2D eigenvalue weighted by atomic mass is 32.1. The summed E-state index contributed by atoms with van der Waals surface area (Å²) < 4.78 is 0. The van der Waals surface area contributed by atoms with Crippen LogP contribution in [0.3, 0.4) is 0 Å². The van der Waals surface area contributed by atoms with Gasteiger partial charge in [0.2, 0.25) is 0 Å². The lowest BCUT2D eigenvalue weighted by molar-refractivity contribution is 1.13. The Bertz CT molecular complexity index is 191. The number of hydrogen-bond donors (Lipinski definition) is 0. The van der Waals surface area contributed by atoms with E-state index in [-0.39, 0.29) is 0 Å². The van der Waals surface area contributed by atoms with Gasteiger partial charge in [0.25, 0.3) is 0 Å². The first-order valence-electron chi connectivity index (χ1n) is 2.93. The minimum Gasteiger partial charge on any atom is -0.377 e.